The molecule has 0 fully saturated rings. The summed E-state index contributed by atoms with van der Waals surface area (Å²) in [5.74, 6) is 0.250. The van der Waals surface area contributed by atoms with E-state index in [2.05, 4.69) is 4.98 Å². The maximum Gasteiger partial charge on any atom is 0.0794 e. The minimum Gasteiger partial charge on any atom is -0.396 e. The summed E-state index contributed by atoms with van der Waals surface area (Å²) >= 11 is 1.56. The molecule has 0 bridgehead atoms. The quantitative estimate of drug-likeness (QED) is 0.778. The molecule has 3 nitrogen and oxygen atoms in total. The van der Waals surface area contributed by atoms with Gasteiger partial charge in [-0.25, -0.2) is 0 Å². The molecule has 0 spiro atoms. The topological polar surface area (TPSA) is 53.4 Å². The van der Waals surface area contributed by atoms with Crippen LogP contribution in [0.1, 0.15) is 18.7 Å². The van der Waals surface area contributed by atoms with Crippen LogP contribution in [0.15, 0.2) is 11.7 Å². The maximum atomic E-state index is 9.37. The van der Waals surface area contributed by atoms with Gasteiger partial charge in [0, 0.05) is 16.5 Å². The van der Waals surface area contributed by atoms with Crippen molar-refractivity contribution in [3.63, 3.8) is 0 Å². The zero-order chi connectivity index (χ0) is 10.6. The molecule has 1 heterocycles. The first-order chi connectivity index (χ1) is 6.64. The number of aromatic nitrogens is 1. The molecule has 0 aliphatic heterocycles. The highest BCUT2D eigenvalue weighted by atomic mass is 32.1. The summed E-state index contributed by atoms with van der Waals surface area (Å²) in [7, 11) is 0. The van der Waals surface area contributed by atoms with Crippen LogP contribution in [0.25, 0.3) is 0 Å². The summed E-state index contributed by atoms with van der Waals surface area (Å²) in [5, 5.41) is 18.7. The molecule has 80 valence electrons. The van der Waals surface area contributed by atoms with E-state index < -0.39 is 5.41 Å². The van der Waals surface area contributed by atoms with Crippen molar-refractivity contribution in [1.29, 1.82) is 0 Å². The molecule has 0 atom stereocenters. The second kappa shape index (κ2) is 4.87. The summed E-state index contributed by atoms with van der Waals surface area (Å²) in [6.45, 7) is 4.07. The molecule has 14 heavy (non-hydrogen) atoms. The molecule has 1 aromatic rings. The molecule has 0 aromatic carbocycles. The SMILES string of the molecule is CC(C)C(CO)(CO)Cc1cncs1. The van der Waals surface area contributed by atoms with Crippen LogP contribution in [0.3, 0.4) is 0 Å². The molecule has 4 heteroatoms. The van der Waals surface area contributed by atoms with Gasteiger partial charge >= 0.3 is 0 Å². The molecule has 0 amide bonds. The van der Waals surface area contributed by atoms with Gasteiger partial charge in [-0.15, -0.1) is 11.3 Å². The van der Waals surface area contributed by atoms with Gasteiger partial charge in [-0.3, -0.25) is 4.98 Å². The van der Waals surface area contributed by atoms with E-state index in [9.17, 15) is 10.2 Å². The van der Waals surface area contributed by atoms with Crippen LogP contribution in [0.4, 0.5) is 0 Å². The Morgan fingerprint density at radius 2 is 2.07 bits per heavy atom. The second-order valence-electron chi connectivity index (χ2n) is 3.98. The van der Waals surface area contributed by atoms with Gasteiger partial charge in [0.05, 0.1) is 18.7 Å². The third kappa shape index (κ3) is 2.32. The van der Waals surface area contributed by atoms with E-state index in [-0.39, 0.29) is 19.1 Å². The third-order valence-corrected chi connectivity index (χ3v) is 3.64. The van der Waals surface area contributed by atoms with Gasteiger partial charge in [-0.05, 0) is 12.3 Å². The van der Waals surface area contributed by atoms with E-state index in [1.807, 2.05) is 13.8 Å². The maximum absolute atomic E-state index is 9.37. The number of hydrogen-bond donors (Lipinski definition) is 2. The molecule has 0 saturated carbocycles. The van der Waals surface area contributed by atoms with Gasteiger partial charge in [0.15, 0.2) is 0 Å². The highest BCUT2D eigenvalue weighted by Gasteiger charge is 2.33. The Kier molecular flexibility index (Phi) is 4.04. The van der Waals surface area contributed by atoms with Crippen molar-refractivity contribution in [3.8, 4) is 0 Å². The van der Waals surface area contributed by atoms with E-state index >= 15 is 0 Å². The summed E-state index contributed by atoms with van der Waals surface area (Å²) in [6, 6.07) is 0. The molecule has 1 aromatic heterocycles. The Morgan fingerprint density at radius 1 is 1.43 bits per heavy atom. The fraction of sp³-hybridized carbons (Fsp3) is 0.700. The predicted octanol–water partition coefficient (Wildman–Crippen LogP) is 1.31. The fourth-order valence-corrected chi connectivity index (χ4v) is 2.16. The van der Waals surface area contributed by atoms with Crippen molar-refractivity contribution < 1.29 is 10.2 Å². The van der Waals surface area contributed by atoms with Crippen LogP contribution in [0, 0.1) is 11.3 Å². The predicted molar refractivity (Wildman–Crippen MR) is 57.3 cm³/mol. The molecule has 0 radical (unpaired) electrons. The number of nitrogens with zero attached hydrogens (tertiary/aromatic N) is 1. The Balaban J connectivity index is 2.78. The van der Waals surface area contributed by atoms with Crippen LogP contribution in [-0.2, 0) is 6.42 Å². The Hall–Kier alpha value is -0.450. The molecular weight excluding hydrogens is 198 g/mol. The number of thiazole rings is 1. The van der Waals surface area contributed by atoms with Crippen LogP contribution >= 0.6 is 11.3 Å². The van der Waals surface area contributed by atoms with Gasteiger partial charge in [0.1, 0.15) is 0 Å². The van der Waals surface area contributed by atoms with Crippen molar-refractivity contribution >= 4 is 11.3 Å². The van der Waals surface area contributed by atoms with Gasteiger partial charge in [-0.2, -0.15) is 0 Å². The zero-order valence-corrected chi connectivity index (χ0v) is 9.42. The van der Waals surface area contributed by atoms with Crippen LogP contribution in [-0.4, -0.2) is 28.4 Å². The molecule has 0 unspecified atom stereocenters. The molecule has 2 N–H and O–H groups in total. The Bertz CT molecular complexity index is 255. The number of rotatable bonds is 5. The highest BCUT2D eigenvalue weighted by Crippen LogP contribution is 2.31. The van der Waals surface area contributed by atoms with Crippen molar-refractivity contribution in [2.45, 2.75) is 20.3 Å². The monoisotopic (exact) mass is 215 g/mol. The Labute approximate surface area is 88.4 Å². The van der Waals surface area contributed by atoms with E-state index in [4.69, 9.17) is 0 Å². The van der Waals surface area contributed by atoms with Crippen molar-refractivity contribution in [1.82, 2.24) is 4.98 Å². The van der Waals surface area contributed by atoms with E-state index in [1.165, 1.54) is 0 Å². The molecular formula is C10H17NO2S. The van der Waals surface area contributed by atoms with Crippen molar-refractivity contribution in [3.05, 3.63) is 16.6 Å². The number of hydrogen-bond acceptors (Lipinski definition) is 4. The van der Waals surface area contributed by atoms with Crippen LogP contribution < -0.4 is 0 Å². The zero-order valence-electron chi connectivity index (χ0n) is 8.60. The first kappa shape index (κ1) is 11.6. The van der Waals surface area contributed by atoms with Crippen LogP contribution in [0.2, 0.25) is 0 Å². The minimum absolute atomic E-state index is 0.0130. The first-order valence-corrected chi connectivity index (χ1v) is 5.61. The fourth-order valence-electron chi connectivity index (χ4n) is 1.41. The summed E-state index contributed by atoms with van der Waals surface area (Å²) < 4.78 is 0. The summed E-state index contributed by atoms with van der Waals surface area (Å²) in [4.78, 5) is 5.10. The standard InChI is InChI=1S/C10H17NO2S/c1-8(2)10(5-12,6-13)3-9-4-11-7-14-9/h4,7-8,12-13H,3,5-6H2,1-2H3. The lowest BCUT2D eigenvalue weighted by Crippen LogP contribution is -2.37. The number of aliphatic hydroxyl groups is 2. The summed E-state index contributed by atoms with van der Waals surface area (Å²) in [5.41, 5.74) is 1.36. The molecule has 0 aliphatic rings. The van der Waals surface area contributed by atoms with Gasteiger partial charge in [0.25, 0.3) is 0 Å². The van der Waals surface area contributed by atoms with Gasteiger partial charge in [-0.1, -0.05) is 13.8 Å². The minimum atomic E-state index is -0.410. The lowest BCUT2D eigenvalue weighted by molar-refractivity contribution is 0.0169. The summed E-state index contributed by atoms with van der Waals surface area (Å²) in [6.07, 6.45) is 2.50. The third-order valence-electron chi connectivity index (χ3n) is 2.86. The largest absolute Gasteiger partial charge is 0.396 e. The van der Waals surface area contributed by atoms with Gasteiger partial charge < -0.3 is 10.2 Å². The van der Waals surface area contributed by atoms with Gasteiger partial charge in [0.2, 0.25) is 0 Å². The lowest BCUT2D eigenvalue weighted by Gasteiger charge is -2.33. The average molecular weight is 215 g/mol. The smallest absolute Gasteiger partial charge is 0.0794 e. The molecule has 1 rings (SSSR count). The molecule has 0 saturated heterocycles. The van der Waals surface area contributed by atoms with Crippen LogP contribution in [0.5, 0.6) is 0 Å². The second-order valence-corrected chi connectivity index (χ2v) is 4.95. The van der Waals surface area contributed by atoms with Crippen molar-refractivity contribution in [2.24, 2.45) is 11.3 Å². The highest BCUT2D eigenvalue weighted by molar-refractivity contribution is 7.09. The Morgan fingerprint density at radius 3 is 2.43 bits per heavy atom. The lowest BCUT2D eigenvalue weighted by atomic mass is 9.75. The van der Waals surface area contributed by atoms with Crippen molar-refractivity contribution in [2.75, 3.05) is 13.2 Å². The van der Waals surface area contributed by atoms with E-state index in [0.717, 1.165) is 4.88 Å². The normalized spacial score (nSPS) is 12.4. The number of aliphatic hydroxyl groups excluding tert-OH is 2. The average Bonchev–Trinajstić information content (AvgIpc) is 2.66. The molecule has 0 aliphatic carbocycles. The first-order valence-electron chi connectivity index (χ1n) is 4.73. The van der Waals surface area contributed by atoms with E-state index in [0.29, 0.717) is 6.42 Å². The van der Waals surface area contributed by atoms with E-state index in [1.54, 1.807) is 23.0 Å².